The zero-order chi connectivity index (χ0) is 28.9. The number of ether oxygens (including phenoxy) is 1. The highest BCUT2D eigenvalue weighted by Gasteiger charge is 2.37. The van der Waals surface area contributed by atoms with Gasteiger partial charge >= 0.3 is 6.09 Å². The van der Waals surface area contributed by atoms with Crippen LogP contribution in [-0.4, -0.2) is 52.4 Å². The molecule has 2 atom stereocenters. The predicted molar refractivity (Wildman–Crippen MR) is 149 cm³/mol. The molecule has 1 aromatic rings. The van der Waals surface area contributed by atoms with E-state index < -0.39 is 41.1 Å². The lowest BCUT2D eigenvalue weighted by molar-refractivity contribution is -0.143. The summed E-state index contributed by atoms with van der Waals surface area (Å²) < 4.78 is 5.37. The van der Waals surface area contributed by atoms with Crippen molar-refractivity contribution >= 4 is 23.8 Å². The summed E-state index contributed by atoms with van der Waals surface area (Å²) >= 11 is 0. The summed E-state index contributed by atoms with van der Waals surface area (Å²) in [6, 6.07) is 7.08. The summed E-state index contributed by atoms with van der Waals surface area (Å²) in [5.41, 5.74) is 4.72. The molecule has 0 saturated carbocycles. The van der Waals surface area contributed by atoms with Crippen LogP contribution in [0.4, 0.5) is 4.79 Å². The fourth-order valence-corrected chi connectivity index (χ4v) is 3.99. The van der Waals surface area contributed by atoms with Gasteiger partial charge in [0.2, 0.25) is 17.7 Å². The number of carbonyl (C=O) groups is 4. The first kappa shape index (κ1) is 32.9. The van der Waals surface area contributed by atoms with Crippen molar-refractivity contribution in [1.29, 1.82) is 0 Å². The number of benzene rings is 1. The van der Waals surface area contributed by atoms with E-state index >= 15 is 0 Å². The largest absolute Gasteiger partial charge is 0.444 e. The minimum Gasteiger partial charge on any atom is -0.444 e. The summed E-state index contributed by atoms with van der Waals surface area (Å²) in [5.74, 6) is -1.38. The van der Waals surface area contributed by atoms with E-state index in [0.29, 0.717) is 18.5 Å². The molecule has 4 amide bonds. The van der Waals surface area contributed by atoms with Crippen LogP contribution in [0.1, 0.15) is 105 Å². The zero-order valence-corrected chi connectivity index (χ0v) is 24.3. The molecule has 0 heterocycles. The Bertz CT molecular complexity index is 906. The molecule has 0 saturated heterocycles. The lowest BCUT2D eigenvalue weighted by atomic mass is 9.99. The average Bonchev–Trinajstić information content (AvgIpc) is 2.78. The Balaban J connectivity index is 3.45. The standard InChI is InChI=1S/C29H48N4O5/c1-8-9-10-11-15-20-33(24(21-16-13-12-14-17-21)25(35)32-28(2,3)4)26(36)22(18-19-23(30)34)31-27(37)38-29(5,6)7/h12-14,16-17,22,24H,8-11,15,18-20H2,1-7H3,(H2,30,34)(H,31,37)(H,32,35). The van der Waals surface area contributed by atoms with Crippen LogP contribution in [0.15, 0.2) is 30.3 Å². The second kappa shape index (κ2) is 15.3. The van der Waals surface area contributed by atoms with Crippen LogP contribution >= 0.6 is 0 Å². The summed E-state index contributed by atoms with van der Waals surface area (Å²) in [6.07, 6.45) is 3.87. The van der Waals surface area contributed by atoms with Crippen molar-refractivity contribution in [2.24, 2.45) is 5.73 Å². The summed E-state index contributed by atoms with van der Waals surface area (Å²) in [7, 11) is 0. The summed E-state index contributed by atoms with van der Waals surface area (Å²) in [6.45, 7) is 13.2. The molecule has 0 aromatic heterocycles. The second-order valence-electron chi connectivity index (χ2n) is 11.7. The topological polar surface area (TPSA) is 131 Å². The van der Waals surface area contributed by atoms with Gasteiger partial charge in [0.25, 0.3) is 0 Å². The Labute approximate surface area is 228 Å². The highest BCUT2D eigenvalue weighted by molar-refractivity contribution is 5.92. The number of hydrogen-bond donors (Lipinski definition) is 3. The van der Waals surface area contributed by atoms with E-state index in [1.165, 1.54) is 4.90 Å². The SMILES string of the molecule is CCCCCCCN(C(=O)C(CCC(N)=O)NC(=O)OC(C)(C)C)C(C(=O)NC(C)(C)C)c1ccccc1. The Kier molecular flexibility index (Phi) is 13.3. The van der Waals surface area contributed by atoms with Gasteiger partial charge in [-0.15, -0.1) is 0 Å². The minimum atomic E-state index is -1.10. The van der Waals surface area contributed by atoms with Crippen molar-refractivity contribution in [3.05, 3.63) is 35.9 Å². The Morgan fingerprint density at radius 2 is 1.55 bits per heavy atom. The number of alkyl carbamates (subject to hydrolysis) is 1. The Hall–Kier alpha value is -3.10. The van der Waals surface area contributed by atoms with Gasteiger partial charge in [0.15, 0.2) is 0 Å². The highest BCUT2D eigenvalue weighted by Crippen LogP contribution is 2.25. The van der Waals surface area contributed by atoms with Crippen LogP contribution < -0.4 is 16.4 Å². The van der Waals surface area contributed by atoms with Crippen molar-refractivity contribution in [3.63, 3.8) is 0 Å². The quantitative estimate of drug-likeness (QED) is 0.301. The van der Waals surface area contributed by atoms with E-state index in [4.69, 9.17) is 10.5 Å². The lowest BCUT2D eigenvalue weighted by Gasteiger charge is -2.36. The molecular formula is C29H48N4O5. The highest BCUT2D eigenvalue weighted by atomic mass is 16.6. The number of nitrogens with zero attached hydrogens (tertiary/aromatic N) is 1. The first-order chi connectivity index (χ1) is 17.6. The number of carbonyl (C=O) groups excluding carboxylic acids is 4. The minimum absolute atomic E-state index is 0.0118. The molecule has 2 unspecified atom stereocenters. The number of nitrogens with one attached hydrogen (secondary N) is 2. The third-order valence-electron chi connectivity index (χ3n) is 5.63. The number of rotatable bonds is 14. The van der Waals surface area contributed by atoms with Crippen LogP contribution in [0, 0.1) is 0 Å². The van der Waals surface area contributed by atoms with Gasteiger partial charge in [-0.2, -0.15) is 0 Å². The predicted octanol–water partition coefficient (Wildman–Crippen LogP) is 4.60. The molecular weight excluding hydrogens is 484 g/mol. The second-order valence-corrected chi connectivity index (χ2v) is 11.7. The molecule has 0 spiro atoms. The molecule has 0 aliphatic carbocycles. The zero-order valence-electron chi connectivity index (χ0n) is 24.3. The monoisotopic (exact) mass is 532 g/mol. The lowest BCUT2D eigenvalue weighted by Crippen LogP contribution is -2.55. The fourth-order valence-electron chi connectivity index (χ4n) is 3.99. The van der Waals surface area contributed by atoms with Gasteiger partial charge < -0.3 is 26.0 Å². The first-order valence-electron chi connectivity index (χ1n) is 13.6. The molecule has 0 aliphatic rings. The van der Waals surface area contributed by atoms with Crippen molar-refractivity contribution in [3.8, 4) is 0 Å². The van der Waals surface area contributed by atoms with Crippen molar-refractivity contribution in [1.82, 2.24) is 15.5 Å². The van der Waals surface area contributed by atoms with Crippen molar-refractivity contribution < 1.29 is 23.9 Å². The maximum absolute atomic E-state index is 14.1. The molecule has 38 heavy (non-hydrogen) atoms. The van der Waals surface area contributed by atoms with Gasteiger partial charge in [-0.3, -0.25) is 14.4 Å². The molecule has 4 N–H and O–H groups in total. The maximum atomic E-state index is 14.1. The molecule has 0 radical (unpaired) electrons. The number of nitrogens with two attached hydrogens (primary N) is 1. The van der Waals surface area contributed by atoms with Crippen molar-refractivity contribution in [2.75, 3.05) is 6.54 Å². The van der Waals surface area contributed by atoms with E-state index in [1.807, 2.05) is 51.1 Å². The third kappa shape index (κ3) is 12.9. The molecule has 0 aliphatic heterocycles. The first-order valence-corrected chi connectivity index (χ1v) is 13.6. The number of unbranched alkanes of at least 4 members (excludes halogenated alkanes) is 4. The normalized spacial score (nSPS) is 13.2. The van der Waals surface area contributed by atoms with Gasteiger partial charge in [-0.1, -0.05) is 62.9 Å². The van der Waals surface area contributed by atoms with Crippen LogP contribution in [0.3, 0.4) is 0 Å². The summed E-state index contributed by atoms with van der Waals surface area (Å²) in [4.78, 5) is 53.5. The average molecular weight is 533 g/mol. The van der Waals surface area contributed by atoms with Crippen LogP contribution in [0.5, 0.6) is 0 Å². The third-order valence-corrected chi connectivity index (χ3v) is 5.63. The van der Waals surface area contributed by atoms with E-state index in [9.17, 15) is 19.2 Å². The molecule has 214 valence electrons. The van der Waals surface area contributed by atoms with Gasteiger partial charge in [0, 0.05) is 18.5 Å². The molecule has 9 nitrogen and oxygen atoms in total. The van der Waals surface area contributed by atoms with E-state index in [2.05, 4.69) is 17.6 Å². The Morgan fingerprint density at radius 1 is 0.947 bits per heavy atom. The smallest absolute Gasteiger partial charge is 0.408 e. The molecule has 1 rings (SSSR count). The maximum Gasteiger partial charge on any atom is 0.408 e. The summed E-state index contributed by atoms with van der Waals surface area (Å²) in [5, 5.41) is 5.63. The van der Waals surface area contributed by atoms with E-state index in [1.54, 1.807) is 20.8 Å². The van der Waals surface area contributed by atoms with Gasteiger partial charge in [-0.25, -0.2) is 4.79 Å². The molecule has 1 aromatic carbocycles. The van der Waals surface area contributed by atoms with E-state index in [-0.39, 0.29) is 18.7 Å². The molecule has 0 bridgehead atoms. The Morgan fingerprint density at radius 3 is 2.08 bits per heavy atom. The van der Waals surface area contributed by atoms with Crippen LogP contribution in [0.2, 0.25) is 0 Å². The molecule has 9 heteroatoms. The van der Waals surface area contributed by atoms with Gasteiger partial charge in [0.1, 0.15) is 17.7 Å². The fraction of sp³-hybridized carbons (Fsp3) is 0.655. The number of amides is 4. The number of hydrogen-bond acceptors (Lipinski definition) is 5. The number of primary amides is 1. The van der Waals surface area contributed by atoms with Gasteiger partial charge in [0.05, 0.1) is 0 Å². The van der Waals surface area contributed by atoms with Crippen LogP contribution in [-0.2, 0) is 19.1 Å². The van der Waals surface area contributed by atoms with E-state index in [0.717, 1.165) is 25.7 Å². The van der Waals surface area contributed by atoms with Crippen molar-refractivity contribution in [2.45, 2.75) is 117 Å². The molecule has 0 fully saturated rings. The van der Waals surface area contributed by atoms with Crippen LogP contribution in [0.25, 0.3) is 0 Å². The van der Waals surface area contributed by atoms with Gasteiger partial charge in [-0.05, 0) is 59.9 Å².